The Morgan fingerprint density at radius 1 is 1.12 bits per heavy atom. The van der Waals surface area contributed by atoms with Crippen molar-refractivity contribution in [3.05, 3.63) is 64.5 Å². The minimum absolute atomic E-state index is 0.0210. The molecule has 32 heavy (non-hydrogen) atoms. The molecule has 1 heterocycles. The summed E-state index contributed by atoms with van der Waals surface area (Å²) in [6, 6.07) is 11.8. The predicted octanol–water partition coefficient (Wildman–Crippen LogP) is 4.74. The number of hydrogen-bond donors (Lipinski definition) is 2. The van der Waals surface area contributed by atoms with Gasteiger partial charge in [0.15, 0.2) is 11.6 Å². The summed E-state index contributed by atoms with van der Waals surface area (Å²) in [5, 5.41) is 6.24. The maximum Gasteiger partial charge on any atom is 0.315 e. The molecule has 1 unspecified atom stereocenters. The fourth-order valence-corrected chi connectivity index (χ4v) is 4.83. The summed E-state index contributed by atoms with van der Waals surface area (Å²) < 4.78 is 18.9. The van der Waals surface area contributed by atoms with Crippen LogP contribution in [0.25, 0.3) is 0 Å². The monoisotopic (exact) mass is 439 g/mol. The van der Waals surface area contributed by atoms with Gasteiger partial charge in [-0.2, -0.15) is 0 Å². The predicted molar refractivity (Wildman–Crippen MR) is 124 cm³/mol. The molecule has 1 atom stereocenters. The van der Waals surface area contributed by atoms with E-state index >= 15 is 0 Å². The molecule has 0 saturated carbocycles. The lowest BCUT2D eigenvalue weighted by molar-refractivity contribution is 0.185. The van der Waals surface area contributed by atoms with E-state index in [1.807, 2.05) is 13.0 Å². The fourth-order valence-electron chi connectivity index (χ4n) is 4.83. The third kappa shape index (κ3) is 5.60. The van der Waals surface area contributed by atoms with Gasteiger partial charge in [-0.05, 0) is 79.8 Å². The zero-order valence-corrected chi connectivity index (χ0v) is 19.1. The van der Waals surface area contributed by atoms with Gasteiger partial charge in [0.05, 0.1) is 13.2 Å². The van der Waals surface area contributed by atoms with Crippen LogP contribution < -0.4 is 15.4 Å². The highest BCUT2D eigenvalue weighted by Crippen LogP contribution is 2.25. The number of nitrogens with zero attached hydrogens (tertiary/aromatic N) is 1. The number of piperidine rings is 1. The molecule has 2 N–H and O–H groups in total. The lowest BCUT2D eigenvalue weighted by Gasteiger charge is -2.32. The molecule has 1 aliphatic heterocycles. The Bertz CT molecular complexity index is 941. The van der Waals surface area contributed by atoms with Gasteiger partial charge < -0.3 is 15.4 Å². The first-order chi connectivity index (χ1) is 15.5. The van der Waals surface area contributed by atoms with Crippen LogP contribution in [0, 0.1) is 5.82 Å². The molecule has 0 spiro atoms. The lowest BCUT2D eigenvalue weighted by atomic mass is 9.89. The molecule has 0 bridgehead atoms. The Morgan fingerprint density at radius 3 is 2.59 bits per heavy atom. The molecule has 2 aliphatic rings. The van der Waals surface area contributed by atoms with E-state index in [-0.39, 0.29) is 29.7 Å². The van der Waals surface area contributed by atoms with Crippen molar-refractivity contribution in [3.8, 4) is 5.75 Å². The van der Waals surface area contributed by atoms with E-state index in [9.17, 15) is 9.18 Å². The molecule has 172 valence electrons. The first-order valence-electron chi connectivity index (χ1n) is 11.8. The van der Waals surface area contributed by atoms with Crippen LogP contribution in [0.2, 0.25) is 0 Å². The second-order valence-corrected chi connectivity index (χ2v) is 9.09. The Morgan fingerprint density at radius 2 is 1.88 bits per heavy atom. The Hall–Kier alpha value is -2.60. The molecular formula is C26H34FN3O2. The van der Waals surface area contributed by atoms with Crippen molar-refractivity contribution in [1.29, 1.82) is 0 Å². The third-order valence-corrected chi connectivity index (χ3v) is 6.77. The molecule has 0 radical (unpaired) electrons. The molecule has 0 aromatic heterocycles. The van der Waals surface area contributed by atoms with Crippen molar-refractivity contribution in [1.82, 2.24) is 15.5 Å². The number of methoxy groups -OCH3 is 1. The molecule has 2 aromatic carbocycles. The molecule has 6 heteroatoms. The third-order valence-electron chi connectivity index (χ3n) is 6.77. The molecule has 1 fully saturated rings. The van der Waals surface area contributed by atoms with Crippen LogP contribution in [-0.2, 0) is 19.4 Å². The maximum atomic E-state index is 13.9. The van der Waals surface area contributed by atoms with E-state index in [1.165, 1.54) is 43.1 Å². The summed E-state index contributed by atoms with van der Waals surface area (Å²) in [5.41, 5.74) is 5.00. The molecule has 1 saturated heterocycles. The van der Waals surface area contributed by atoms with Gasteiger partial charge in [-0.25, -0.2) is 9.18 Å². The number of aryl methyl sites for hydroxylation is 2. The standard InChI is InChI=1S/C26H34FN3O2/c1-18(21-9-8-20-5-3-4-6-22(20)16-21)28-26(31)29-23-11-13-30(14-12-23)17-19-7-10-25(32-2)24(27)15-19/h7-10,15-16,18,23H,3-6,11-14,17H2,1-2H3,(H2,28,29,31). The summed E-state index contributed by atoms with van der Waals surface area (Å²) in [5.74, 6) is -0.0569. The van der Waals surface area contributed by atoms with Crippen molar-refractivity contribution in [2.24, 2.45) is 0 Å². The minimum Gasteiger partial charge on any atom is -0.494 e. The first kappa shape index (κ1) is 22.6. The van der Waals surface area contributed by atoms with Gasteiger partial charge in [-0.15, -0.1) is 0 Å². The highest BCUT2D eigenvalue weighted by atomic mass is 19.1. The SMILES string of the molecule is COc1ccc(CN2CCC(NC(=O)NC(C)c3ccc4c(c3)CCCC4)CC2)cc1F. The molecule has 4 rings (SSSR count). The van der Waals surface area contributed by atoms with Crippen LogP contribution in [0.1, 0.15) is 60.9 Å². The average molecular weight is 440 g/mol. The van der Waals surface area contributed by atoms with Gasteiger partial charge in [0.25, 0.3) is 0 Å². The van der Waals surface area contributed by atoms with Crippen molar-refractivity contribution < 1.29 is 13.9 Å². The summed E-state index contributed by atoms with van der Waals surface area (Å²) in [4.78, 5) is 14.9. The summed E-state index contributed by atoms with van der Waals surface area (Å²) in [6.45, 7) is 4.49. The number of benzene rings is 2. The van der Waals surface area contributed by atoms with Gasteiger partial charge in [0, 0.05) is 25.7 Å². The van der Waals surface area contributed by atoms with E-state index in [4.69, 9.17) is 4.74 Å². The number of amides is 2. The second-order valence-electron chi connectivity index (χ2n) is 9.09. The largest absolute Gasteiger partial charge is 0.494 e. The molecule has 5 nitrogen and oxygen atoms in total. The van der Waals surface area contributed by atoms with Gasteiger partial charge in [-0.1, -0.05) is 24.3 Å². The second kappa shape index (κ2) is 10.3. The van der Waals surface area contributed by atoms with Crippen LogP contribution in [0.4, 0.5) is 9.18 Å². The number of urea groups is 1. The number of rotatable bonds is 6. The maximum absolute atomic E-state index is 13.9. The quantitative estimate of drug-likeness (QED) is 0.684. The summed E-state index contributed by atoms with van der Waals surface area (Å²) in [7, 11) is 1.47. The number of likely N-dealkylation sites (tertiary alicyclic amines) is 1. The highest BCUT2D eigenvalue weighted by molar-refractivity contribution is 5.74. The van der Waals surface area contributed by atoms with Gasteiger partial charge >= 0.3 is 6.03 Å². The number of nitrogens with one attached hydrogen (secondary N) is 2. The zero-order chi connectivity index (χ0) is 22.5. The number of fused-ring (bicyclic) bond motifs is 1. The van der Waals surface area contributed by atoms with E-state index < -0.39 is 0 Å². The summed E-state index contributed by atoms with van der Waals surface area (Å²) in [6.07, 6.45) is 6.62. The van der Waals surface area contributed by atoms with Crippen LogP contribution >= 0.6 is 0 Å². The number of carbonyl (C=O) groups excluding carboxylic acids is 1. The number of hydrogen-bond acceptors (Lipinski definition) is 3. The topological polar surface area (TPSA) is 53.6 Å². The van der Waals surface area contributed by atoms with Crippen molar-refractivity contribution >= 4 is 6.03 Å². The van der Waals surface area contributed by atoms with E-state index in [2.05, 4.69) is 33.7 Å². The van der Waals surface area contributed by atoms with Crippen LogP contribution in [0.3, 0.4) is 0 Å². The Balaban J connectivity index is 1.22. The number of carbonyl (C=O) groups is 1. The van der Waals surface area contributed by atoms with Gasteiger partial charge in [-0.3, -0.25) is 4.90 Å². The first-order valence-corrected chi connectivity index (χ1v) is 11.8. The smallest absolute Gasteiger partial charge is 0.315 e. The summed E-state index contributed by atoms with van der Waals surface area (Å²) >= 11 is 0. The molecule has 2 amide bonds. The molecule has 1 aliphatic carbocycles. The van der Waals surface area contributed by atoms with Crippen LogP contribution in [-0.4, -0.2) is 37.2 Å². The minimum atomic E-state index is -0.328. The number of ether oxygens (including phenoxy) is 1. The lowest BCUT2D eigenvalue weighted by Crippen LogP contribution is -2.48. The number of halogens is 1. The van der Waals surface area contributed by atoms with E-state index in [0.717, 1.165) is 37.9 Å². The van der Waals surface area contributed by atoms with Crippen LogP contribution in [0.5, 0.6) is 5.75 Å². The van der Waals surface area contributed by atoms with Crippen molar-refractivity contribution in [2.45, 2.75) is 64.1 Å². The fraction of sp³-hybridized carbons (Fsp3) is 0.500. The van der Waals surface area contributed by atoms with Crippen molar-refractivity contribution in [2.75, 3.05) is 20.2 Å². The molecular weight excluding hydrogens is 405 g/mol. The van der Waals surface area contributed by atoms with E-state index in [0.29, 0.717) is 6.54 Å². The van der Waals surface area contributed by atoms with Gasteiger partial charge in [0.1, 0.15) is 0 Å². The average Bonchev–Trinajstić information content (AvgIpc) is 2.80. The van der Waals surface area contributed by atoms with E-state index in [1.54, 1.807) is 12.1 Å². The normalized spacial score (nSPS) is 18.0. The zero-order valence-electron chi connectivity index (χ0n) is 19.1. The Kier molecular flexibility index (Phi) is 7.30. The highest BCUT2D eigenvalue weighted by Gasteiger charge is 2.22. The van der Waals surface area contributed by atoms with Crippen molar-refractivity contribution in [3.63, 3.8) is 0 Å². The Labute approximate surface area is 190 Å². The molecule has 2 aromatic rings. The van der Waals surface area contributed by atoms with Crippen LogP contribution in [0.15, 0.2) is 36.4 Å². The van der Waals surface area contributed by atoms with Gasteiger partial charge in [0.2, 0.25) is 0 Å².